The Balaban J connectivity index is 2.14. The van der Waals surface area contributed by atoms with Crippen LogP contribution in [0.3, 0.4) is 0 Å². The van der Waals surface area contributed by atoms with E-state index in [2.05, 4.69) is 11.1 Å². The number of hydrogen-bond donors (Lipinski definition) is 1. The lowest BCUT2D eigenvalue weighted by atomic mass is 10.1. The van der Waals surface area contributed by atoms with Crippen LogP contribution in [-0.4, -0.2) is 18.0 Å². The molecule has 7 heteroatoms. The SMILES string of the molecule is Cc1nc2cc3c(cc2s1)sc1ccc(S(=O)(=O)O)cc13. The highest BCUT2D eigenvalue weighted by molar-refractivity contribution is 7.85. The molecule has 0 aliphatic carbocycles. The van der Waals surface area contributed by atoms with E-state index in [0.717, 1.165) is 35.4 Å². The minimum Gasteiger partial charge on any atom is -0.282 e. The molecule has 0 bridgehead atoms. The van der Waals surface area contributed by atoms with Crippen LogP contribution in [0, 0.1) is 6.92 Å². The maximum atomic E-state index is 11.3. The lowest BCUT2D eigenvalue weighted by Gasteiger charge is -1.97. The zero-order chi connectivity index (χ0) is 14.8. The summed E-state index contributed by atoms with van der Waals surface area (Å²) in [5, 5.41) is 2.81. The van der Waals surface area contributed by atoms with Crippen LogP contribution in [0.15, 0.2) is 35.2 Å². The second kappa shape index (κ2) is 4.23. The van der Waals surface area contributed by atoms with Gasteiger partial charge in [0.05, 0.1) is 20.1 Å². The Morgan fingerprint density at radius 2 is 1.76 bits per heavy atom. The number of aryl methyl sites for hydroxylation is 1. The summed E-state index contributed by atoms with van der Waals surface area (Å²) in [6, 6.07) is 8.76. The van der Waals surface area contributed by atoms with Gasteiger partial charge in [0.25, 0.3) is 10.1 Å². The molecule has 1 N–H and O–H groups in total. The maximum Gasteiger partial charge on any atom is 0.294 e. The van der Waals surface area contributed by atoms with Crippen molar-refractivity contribution in [3.63, 3.8) is 0 Å². The van der Waals surface area contributed by atoms with E-state index in [1.165, 1.54) is 12.1 Å². The zero-order valence-electron chi connectivity index (χ0n) is 10.8. The van der Waals surface area contributed by atoms with Gasteiger partial charge < -0.3 is 0 Å². The lowest BCUT2D eigenvalue weighted by molar-refractivity contribution is 0.483. The first-order valence-electron chi connectivity index (χ1n) is 6.13. The second-order valence-corrected chi connectivity index (χ2v) is 8.52. The number of nitrogens with zero attached hydrogens (tertiary/aromatic N) is 1. The third-order valence-electron chi connectivity index (χ3n) is 3.36. The zero-order valence-corrected chi connectivity index (χ0v) is 13.3. The van der Waals surface area contributed by atoms with Crippen LogP contribution in [0.5, 0.6) is 0 Å². The first-order chi connectivity index (χ1) is 9.91. The van der Waals surface area contributed by atoms with Crippen molar-refractivity contribution >= 4 is 63.2 Å². The van der Waals surface area contributed by atoms with Crippen molar-refractivity contribution in [2.75, 3.05) is 0 Å². The van der Waals surface area contributed by atoms with E-state index in [4.69, 9.17) is 0 Å². The summed E-state index contributed by atoms with van der Waals surface area (Å²) >= 11 is 3.25. The quantitative estimate of drug-likeness (QED) is 0.529. The first-order valence-corrected chi connectivity index (χ1v) is 9.20. The summed E-state index contributed by atoms with van der Waals surface area (Å²) in [5.74, 6) is 0. The van der Waals surface area contributed by atoms with E-state index in [-0.39, 0.29) is 4.90 Å². The predicted molar refractivity (Wildman–Crippen MR) is 87.1 cm³/mol. The van der Waals surface area contributed by atoms with Crippen LogP contribution >= 0.6 is 22.7 Å². The summed E-state index contributed by atoms with van der Waals surface area (Å²) in [4.78, 5) is 4.40. The highest BCUT2D eigenvalue weighted by Gasteiger charge is 2.14. The van der Waals surface area contributed by atoms with Crippen molar-refractivity contribution in [3.05, 3.63) is 35.3 Å². The summed E-state index contributed by atoms with van der Waals surface area (Å²) in [5.41, 5.74) is 0.918. The fourth-order valence-electron chi connectivity index (χ4n) is 2.45. The summed E-state index contributed by atoms with van der Waals surface area (Å²) in [6.07, 6.45) is 0. The van der Waals surface area contributed by atoms with E-state index in [9.17, 15) is 13.0 Å². The molecule has 4 rings (SSSR count). The van der Waals surface area contributed by atoms with E-state index in [1.54, 1.807) is 28.7 Å². The van der Waals surface area contributed by atoms with Crippen molar-refractivity contribution in [2.24, 2.45) is 0 Å². The third kappa shape index (κ3) is 2.04. The van der Waals surface area contributed by atoms with Gasteiger partial charge in [0.15, 0.2) is 0 Å². The third-order valence-corrected chi connectivity index (χ3v) is 6.27. The van der Waals surface area contributed by atoms with Gasteiger partial charge in [-0.2, -0.15) is 8.42 Å². The molecule has 21 heavy (non-hydrogen) atoms. The Kier molecular flexibility index (Phi) is 2.65. The monoisotopic (exact) mass is 335 g/mol. The van der Waals surface area contributed by atoms with E-state index in [1.807, 2.05) is 13.0 Å². The minimum absolute atomic E-state index is 0.0794. The molecule has 0 radical (unpaired) electrons. The van der Waals surface area contributed by atoms with Crippen LogP contribution in [0.2, 0.25) is 0 Å². The van der Waals surface area contributed by atoms with Gasteiger partial charge in [-0.05, 0) is 37.3 Å². The largest absolute Gasteiger partial charge is 0.294 e. The molecule has 106 valence electrons. The highest BCUT2D eigenvalue weighted by atomic mass is 32.2. The molecule has 0 aliphatic heterocycles. The van der Waals surface area contributed by atoms with E-state index >= 15 is 0 Å². The van der Waals surface area contributed by atoms with Gasteiger partial charge in [-0.3, -0.25) is 4.55 Å². The molecule has 4 nitrogen and oxygen atoms in total. The lowest BCUT2D eigenvalue weighted by Crippen LogP contribution is -1.96. The van der Waals surface area contributed by atoms with Crippen molar-refractivity contribution < 1.29 is 13.0 Å². The number of benzene rings is 2. The van der Waals surface area contributed by atoms with Crippen molar-refractivity contribution in [1.29, 1.82) is 0 Å². The number of fused-ring (bicyclic) bond motifs is 4. The molecule has 4 aromatic rings. The van der Waals surface area contributed by atoms with Gasteiger partial charge in [0.2, 0.25) is 0 Å². The average molecular weight is 335 g/mol. The smallest absolute Gasteiger partial charge is 0.282 e. The molecule has 0 spiro atoms. The number of thiophene rings is 1. The predicted octanol–water partition coefficient (Wildman–Crippen LogP) is 4.22. The van der Waals surface area contributed by atoms with Crippen molar-refractivity contribution in [3.8, 4) is 0 Å². The summed E-state index contributed by atoms with van der Waals surface area (Å²) in [6.45, 7) is 1.97. The van der Waals surface area contributed by atoms with Gasteiger partial charge in [-0.25, -0.2) is 4.98 Å². The Morgan fingerprint density at radius 1 is 1.00 bits per heavy atom. The van der Waals surface area contributed by atoms with Crippen LogP contribution < -0.4 is 0 Å². The van der Waals surface area contributed by atoms with Gasteiger partial charge in [-0.15, -0.1) is 22.7 Å². The molecular formula is C14H9NO3S3. The first kappa shape index (κ1) is 13.1. The summed E-state index contributed by atoms with van der Waals surface area (Å²) in [7, 11) is -4.19. The standard InChI is InChI=1S/C14H9NO3S3/c1-7-15-11-5-10-9-4-8(21(16,17)18)2-3-12(9)20-13(10)6-14(11)19-7/h2-6H,1H3,(H,16,17,18). The van der Waals surface area contributed by atoms with Crippen LogP contribution in [0.4, 0.5) is 0 Å². The van der Waals surface area contributed by atoms with Gasteiger partial charge >= 0.3 is 0 Å². The van der Waals surface area contributed by atoms with Crippen molar-refractivity contribution in [1.82, 2.24) is 4.98 Å². The van der Waals surface area contributed by atoms with Crippen LogP contribution in [-0.2, 0) is 10.1 Å². The Labute approximate surface area is 128 Å². The molecule has 2 aromatic carbocycles. The molecule has 2 heterocycles. The Bertz CT molecular complexity index is 1120. The van der Waals surface area contributed by atoms with E-state index < -0.39 is 10.1 Å². The topological polar surface area (TPSA) is 67.3 Å². The number of aromatic nitrogens is 1. The maximum absolute atomic E-state index is 11.3. The Hall–Kier alpha value is -1.54. The van der Waals surface area contributed by atoms with E-state index in [0.29, 0.717) is 0 Å². The molecule has 0 fully saturated rings. The molecule has 0 saturated carbocycles. The number of thiazole rings is 1. The summed E-state index contributed by atoms with van der Waals surface area (Å²) < 4.78 is 35.0. The molecule has 0 amide bonds. The molecule has 0 saturated heterocycles. The Morgan fingerprint density at radius 3 is 2.52 bits per heavy atom. The van der Waals surface area contributed by atoms with Gasteiger partial charge in [-0.1, -0.05) is 0 Å². The van der Waals surface area contributed by atoms with Crippen LogP contribution in [0.1, 0.15) is 5.01 Å². The molecule has 0 aliphatic rings. The van der Waals surface area contributed by atoms with Crippen LogP contribution in [0.25, 0.3) is 30.4 Å². The molecular weight excluding hydrogens is 326 g/mol. The fourth-order valence-corrected chi connectivity index (χ4v) is 4.99. The average Bonchev–Trinajstić information content (AvgIpc) is 2.92. The minimum atomic E-state index is -4.19. The number of rotatable bonds is 1. The van der Waals surface area contributed by atoms with Crippen molar-refractivity contribution in [2.45, 2.75) is 11.8 Å². The van der Waals surface area contributed by atoms with Gasteiger partial charge in [0.1, 0.15) is 0 Å². The molecule has 0 unspecified atom stereocenters. The van der Waals surface area contributed by atoms with Gasteiger partial charge in [0, 0.05) is 20.2 Å². The normalized spacial score (nSPS) is 12.7. The molecule has 0 atom stereocenters. The molecule has 2 aromatic heterocycles. The fraction of sp³-hybridized carbons (Fsp3) is 0.0714. The number of hydrogen-bond acceptors (Lipinski definition) is 5. The second-order valence-electron chi connectivity index (χ2n) is 4.78. The highest BCUT2D eigenvalue weighted by Crippen LogP contribution is 2.38.